The van der Waals surface area contributed by atoms with Crippen molar-refractivity contribution in [2.45, 2.75) is 45.1 Å². The highest BCUT2D eigenvalue weighted by Gasteiger charge is 2.28. The molecule has 2 rings (SSSR count). The Bertz CT molecular complexity index is 461. The summed E-state index contributed by atoms with van der Waals surface area (Å²) in [4.78, 5) is 14.1. The summed E-state index contributed by atoms with van der Waals surface area (Å²) < 4.78 is 0. The molecule has 0 radical (unpaired) electrons. The van der Waals surface area contributed by atoms with Crippen LogP contribution in [0.4, 0.5) is 5.13 Å². The van der Waals surface area contributed by atoms with Crippen molar-refractivity contribution in [3.63, 3.8) is 0 Å². The van der Waals surface area contributed by atoms with E-state index in [1.165, 1.54) is 11.3 Å². The summed E-state index contributed by atoms with van der Waals surface area (Å²) in [5.41, 5.74) is -0.663. The first-order valence-electron chi connectivity index (χ1n) is 7.11. The maximum atomic E-state index is 12.4. The van der Waals surface area contributed by atoms with Crippen LogP contribution in [0.25, 0.3) is 0 Å². The summed E-state index contributed by atoms with van der Waals surface area (Å²) in [5.74, 6) is -0.0789. The van der Waals surface area contributed by atoms with Gasteiger partial charge in [-0.05, 0) is 32.6 Å². The molecule has 1 unspecified atom stereocenters. The first-order chi connectivity index (χ1) is 9.52. The van der Waals surface area contributed by atoms with E-state index in [0.29, 0.717) is 29.6 Å². The van der Waals surface area contributed by atoms with E-state index in [2.05, 4.69) is 22.4 Å². The minimum Gasteiger partial charge on any atom is -0.390 e. The second-order valence-electron chi connectivity index (χ2n) is 5.48. The maximum Gasteiger partial charge on any atom is 0.284 e. The Labute approximate surface area is 123 Å². The molecule has 1 aromatic rings. The lowest BCUT2D eigenvalue weighted by Gasteiger charge is -2.21. The van der Waals surface area contributed by atoms with Gasteiger partial charge in [0.25, 0.3) is 5.91 Å². The number of carbonyl (C=O) groups is 1. The molecule has 112 valence electrons. The Hall–Kier alpha value is -1.21. The van der Waals surface area contributed by atoms with Crippen LogP contribution in [0.15, 0.2) is 0 Å². The molecule has 0 saturated carbocycles. The average Bonchev–Trinajstić information content (AvgIpc) is 2.80. The fourth-order valence-corrected chi connectivity index (χ4v) is 2.95. The number of rotatable bonds is 4. The number of hydrogen-bond donors (Lipinski definition) is 2. The van der Waals surface area contributed by atoms with Gasteiger partial charge in [-0.15, -0.1) is 10.2 Å². The molecule has 0 bridgehead atoms. The molecule has 1 aliphatic heterocycles. The van der Waals surface area contributed by atoms with Gasteiger partial charge in [0, 0.05) is 19.6 Å². The summed E-state index contributed by atoms with van der Waals surface area (Å²) in [6.45, 7) is 5.98. The summed E-state index contributed by atoms with van der Waals surface area (Å²) in [5, 5.41) is 22.2. The molecule has 1 fully saturated rings. The summed E-state index contributed by atoms with van der Waals surface area (Å²) in [6, 6.07) is 0. The molecule has 20 heavy (non-hydrogen) atoms. The number of nitrogens with one attached hydrogen (secondary N) is 1. The second-order valence-corrected chi connectivity index (χ2v) is 6.46. The van der Waals surface area contributed by atoms with Gasteiger partial charge in [-0.2, -0.15) is 0 Å². The van der Waals surface area contributed by atoms with Crippen LogP contribution in [0.5, 0.6) is 0 Å². The van der Waals surface area contributed by atoms with Gasteiger partial charge in [0.2, 0.25) is 10.1 Å². The molecule has 1 aliphatic rings. The van der Waals surface area contributed by atoms with Gasteiger partial charge >= 0.3 is 0 Å². The Morgan fingerprint density at radius 1 is 1.45 bits per heavy atom. The minimum absolute atomic E-state index is 0.0789. The monoisotopic (exact) mass is 298 g/mol. The van der Waals surface area contributed by atoms with Gasteiger partial charge in [-0.3, -0.25) is 4.79 Å². The van der Waals surface area contributed by atoms with E-state index >= 15 is 0 Å². The summed E-state index contributed by atoms with van der Waals surface area (Å²) in [6.07, 6.45) is 3.16. The van der Waals surface area contributed by atoms with Crippen molar-refractivity contribution in [3.05, 3.63) is 5.01 Å². The normalized spacial score (nSPS) is 23.4. The third-order valence-electron chi connectivity index (χ3n) is 3.49. The lowest BCUT2D eigenvalue weighted by Crippen LogP contribution is -2.33. The smallest absolute Gasteiger partial charge is 0.284 e. The van der Waals surface area contributed by atoms with Crippen molar-refractivity contribution < 1.29 is 9.90 Å². The van der Waals surface area contributed by atoms with Gasteiger partial charge in [0.05, 0.1) is 5.60 Å². The Morgan fingerprint density at radius 2 is 2.25 bits per heavy atom. The van der Waals surface area contributed by atoms with E-state index in [1.54, 1.807) is 4.90 Å². The van der Waals surface area contributed by atoms with Crippen LogP contribution in [0.1, 0.15) is 49.3 Å². The van der Waals surface area contributed by atoms with E-state index < -0.39 is 5.60 Å². The zero-order chi connectivity index (χ0) is 14.6. The molecular weight excluding hydrogens is 276 g/mol. The van der Waals surface area contributed by atoms with E-state index in [1.807, 2.05) is 6.92 Å². The Morgan fingerprint density at radius 3 is 3.00 bits per heavy atom. The van der Waals surface area contributed by atoms with Crippen LogP contribution in [0, 0.1) is 0 Å². The fourth-order valence-electron chi connectivity index (χ4n) is 2.21. The molecule has 1 saturated heterocycles. The number of amides is 1. The number of nitrogens with zero attached hydrogens (tertiary/aromatic N) is 3. The number of likely N-dealkylation sites (tertiary alicyclic amines) is 1. The van der Waals surface area contributed by atoms with Gasteiger partial charge in [0.15, 0.2) is 0 Å². The SMILES string of the molecule is CCCNc1nnc(C(=O)N2CCCC(C)(O)CC2)s1. The van der Waals surface area contributed by atoms with Crippen molar-refractivity contribution >= 4 is 22.4 Å². The predicted molar refractivity (Wildman–Crippen MR) is 79.1 cm³/mol. The van der Waals surface area contributed by atoms with E-state index in [9.17, 15) is 9.90 Å². The van der Waals surface area contributed by atoms with E-state index in [-0.39, 0.29) is 5.91 Å². The van der Waals surface area contributed by atoms with Crippen molar-refractivity contribution in [2.75, 3.05) is 25.0 Å². The molecule has 2 N–H and O–H groups in total. The molecule has 0 aliphatic carbocycles. The van der Waals surface area contributed by atoms with E-state index in [0.717, 1.165) is 25.8 Å². The molecule has 6 nitrogen and oxygen atoms in total. The minimum atomic E-state index is -0.663. The van der Waals surface area contributed by atoms with Gasteiger partial charge in [-0.25, -0.2) is 0 Å². The van der Waals surface area contributed by atoms with Crippen molar-refractivity contribution in [1.29, 1.82) is 0 Å². The van der Waals surface area contributed by atoms with Crippen LogP contribution in [-0.4, -0.2) is 51.3 Å². The number of anilines is 1. The van der Waals surface area contributed by atoms with Gasteiger partial charge in [-0.1, -0.05) is 18.3 Å². The molecule has 2 heterocycles. The molecular formula is C13H22N4O2S. The molecule has 1 aromatic heterocycles. The molecule has 7 heteroatoms. The molecule has 1 atom stereocenters. The van der Waals surface area contributed by atoms with Crippen LogP contribution >= 0.6 is 11.3 Å². The van der Waals surface area contributed by atoms with Gasteiger partial charge < -0.3 is 15.3 Å². The maximum absolute atomic E-state index is 12.4. The number of carbonyl (C=O) groups excluding carboxylic acids is 1. The summed E-state index contributed by atoms with van der Waals surface area (Å²) in [7, 11) is 0. The largest absolute Gasteiger partial charge is 0.390 e. The molecule has 0 spiro atoms. The van der Waals surface area contributed by atoms with E-state index in [4.69, 9.17) is 0 Å². The number of aliphatic hydroxyl groups is 1. The highest BCUT2D eigenvalue weighted by atomic mass is 32.1. The third-order valence-corrected chi connectivity index (χ3v) is 4.35. The predicted octanol–water partition coefficient (Wildman–Crippen LogP) is 1.74. The number of aromatic nitrogens is 2. The topological polar surface area (TPSA) is 78.4 Å². The molecule has 0 aromatic carbocycles. The van der Waals surface area contributed by atoms with Crippen molar-refractivity contribution in [1.82, 2.24) is 15.1 Å². The first-order valence-corrected chi connectivity index (χ1v) is 7.92. The van der Waals surface area contributed by atoms with Crippen LogP contribution in [0.2, 0.25) is 0 Å². The van der Waals surface area contributed by atoms with Gasteiger partial charge in [0.1, 0.15) is 0 Å². The average molecular weight is 298 g/mol. The van der Waals surface area contributed by atoms with Crippen LogP contribution < -0.4 is 5.32 Å². The highest BCUT2D eigenvalue weighted by molar-refractivity contribution is 7.17. The molecule has 1 amide bonds. The lowest BCUT2D eigenvalue weighted by atomic mass is 9.98. The second kappa shape index (κ2) is 6.49. The highest BCUT2D eigenvalue weighted by Crippen LogP contribution is 2.23. The van der Waals surface area contributed by atoms with Crippen molar-refractivity contribution in [2.24, 2.45) is 0 Å². The van der Waals surface area contributed by atoms with Crippen LogP contribution in [0.3, 0.4) is 0 Å². The third kappa shape index (κ3) is 3.89. The first kappa shape index (κ1) is 15.2. The standard InChI is InChI=1S/C13H22N4O2S/c1-3-7-14-12-16-15-10(20-12)11(18)17-8-4-5-13(2,19)6-9-17/h19H,3-9H2,1-2H3,(H,14,16). The zero-order valence-electron chi connectivity index (χ0n) is 12.1. The number of hydrogen-bond acceptors (Lipinski definition) is 6. The lowest BCUT2D eigenvalue weighted by molar-refractivity contribution is 0.0438. The van der Waals surface area contributed by atoms with Crippen molar-refractivity contribution in [3.8, 4) is 0 Å². The quantitative estimate of drug-likeness (QED) is 0.885. The fraction of sp³-hybridized carbons (Fsp3) is 0.769. The van der Waals surface area contributed by atoms with Crippen LogP contribution in [-0.2, 0) is 0 Å². The summed E-state index contributed by atoms with van der Waals surface area (Å²) >= 11 is 1.29. The Kier molecular flexibility index (Phi) is 4.93. The Balaban J connectivity index is 1.98. The zero-order valence-corrected chi connectivity index (χ0v) is 12.9.